The molecule has 0 atom stereocenters. The van der Waals surface area contributed by atoms with Gasteiger partial charge in [-0.1, -0.05) is 97.1 Å². The summed E-state index contributed by atoms with van der Waals surface area (Å²) < 4.78 is 0. The molecule has 1 saturated carbocycles. The van der Waals surface area contributed by atoms with Crippen molar-refractivity contribution in [3.05, 3.63) is 114 Å². The van der Waals surface area contributed by atoms with Crippen LogP contribution in [0.2, 0.25) is 0 Å². The van der Waals surface area contributed by atoms with Gasteiger partial charge in [-0.2, -0.15) is 0 Å². The first kappa shape index (κ1) is 19.4. The van der Waals surface area contributed by atoms with Crippen molar-refractivity contribution in [2.75, 3.05) is 0 Å². The van der Waals surface area contributed by atoms with E-state index >= 15 is 0 Å². The second-order valence-electron chi connectivity index (χ2n) is 7.09. The minimum atomic E-state index is -1.42. The molecule has 4 heteroatoms. The first-order chi connectivity index (χ1) is 14.6. The van der Waals surface area contributed by atoms with E-state index in [1.54, 1.807) is 30.3 Å². The summed E-state index contributed by atoms with van der Waals surface area (Å²) >= 11 is 0. The quantitative estimate of drug-likeness (QED) is 0.499. The molecule has 0 saturated heterocycles. The van der Waals surface area contributed by atoms with Gasteiger partial charge in [-0.25, -0.2) is 0 Å². The average Bonchev–Trinajstić information content (AvgIpc) is 2.80. The summed E-state index contributed by atoms with van der Waals surface area (Å²) in [4.78, 5) is 51.4. The molecule has 3 aromatic carbocycles. The predicted octanol–water partition coefficient (Wildman–Crippen LogP) is 3.81. The molecule has 0 bridgehead atoms. The molecule has 0 N–H and O–H groups in total. The zero-order chi connectivity index (χ0) is 21.1. The molecule has 0 heterocycles. The Balaban J connectivity index is 1.78. The molecule has 0 unspecified atom stereocenters. The molecule has 0 spiro atoms. The summed E-state index contributed by atoms with van der Waals surface area (Å²) in [7, 11) is 0. The Morgan fingerprint density at radius 1 is 0.533 bits per heavy atom. The summed E-state index contributed by atoms with van der Waals surface area (Å²) in [5.41, 5.74) is 2.56. The number of carbonyl (C=O) groups is 4. The number of allylic oxidation sites excluding steroid dienone is 1. The largest absolute Gasteiger partial charge is 0.290 e. The summed E-state index contributed by atoms with van der Waals surface area (Å²) in [6.07, 6.45) is 1.45. The van der Waals surface area contributed by atoms with E-state index in [0.29, 0.717) is 11.1 Å². The fourth-order valence-corrected chi connectivity index (χ4v) is 3.69. The first-order valence-electron chi connectivity index (χ1n) is 9.61. The van der Waals surface area contributed by atoms with Gasteiger partial charge in [0.1, 0.15) is 11.8 Å². The Bertz CT molecular complexity index is 1080. The van der Waals surface area contributed by atoms with Gasteiger partial charge in [0.2, 0.25) is 23.1 Å². The Labute approximate surface area is 173 Å². The van der Waals surface area contributed by atoms with E-state index in [1.807, 2.05) is 60.7 Å². The average molecular weight is 394 g/mol. The van der Waals surface area contributed by atoms with E-state index in [1.165, 1.54) is 6.08 Å². The van der Waals surface area contributed by atoms with Crippen LogP contribution in [0.3, 0.4) is 0 Å². The second kappa shape index (κ2) is 8.21. The number of carbonyl (C=O) groups excluding carboxylic acids is 4. The molecule has 0 aliphatic heterocycles. The molecule has 1 aliphatic carbocycles. The van der Waals surface area contributed by atoms with Crippen LogP contribution in [0, 0.1) is 5.92 Å². The van der Waals surface area contributed by atoms with Crippen LogP contribution in [0.25, 0.3) is 5.57 Å². The molecule has 4 nitrogen and oxygen atoms in total. The predicted molar refractivity (Wildman–Crippen MR) is 113 cm³/mol. The topological polar surface area (TPSA) is 68.3 Å². The van der Waals surface area contributed by atoms with Crippen molar-refractivity contribution in [1.29, 1.82) is 0 Å². The zero-order valence-corrected chi connectivity index (χ0v) is 16.0. The lowest BCUT2D eigenvalue weighted by molar-refractivity contribution is -0.151. The smallest absolute Gasteiger partial charge is 0.214 e. The van der Waals surface area contributed by atoms with Crippen LogP contribution in [0.15, 0.2) is 97.1 Å². The third-order valence-corrected chi connectivity index (χ3v) is 5.21. The molecule has 1 fully saturated rings. The fraction of sp³-hybridized carbons (Fsp3) is 0.0769. The molecule has 1 aliphatic rings. The van der Waals surface area contributed by atoms with Gasteiger partial charge in [0.25, 0.3) is 0 Å². The standard InChI is InChI=1S/C26H18O4/c27-23-21(24(28)26(30)22(25(23)29)19-14-8-3-9-15-19)16-20(17-10-4-1-5-11-17)18-12-6-2-7-13-18/h1-16,21-22H. The molecule has 4 rings (SSSR count). The number of hydrogen-bond donors (Lipinski definition) is 0. The van der Waals surface area contributed by atoms with Gasteiger partial charge in [-0.05, 0) is 22.3 Å². The molecule has 146 valence electrons. The van der Waals surface area contributed by atoms with Crippen molar-refractivity contribution < 1.29 is 19.2 Å². The van der Waals surface area contributed by atoms with Crippen LogP contribution in [-0.4, -0.2) is 23.1 Å². The van der Waals surface area contributed by atoms with E-state index in [4.69, 9.17) is 0 Å². The lowest BCUT2D eigenvalue weighted by atomic mass is 9.74. The SMILES string of the molecule is O=C1C(=O)C(c2ccccc2)C(=O)C(=O)C1C=C(c1ccccc1)c1ccccc1. The summed E-state index contributed by atoms with van der Waals surface area (Å²) in [5, 5.41) is 0. The van der Waals surface area contributed by atoms with Crippen LogP contribution in [0.1, 0.15) is 22.6 Å². The molecule has 0 amide bonds. The van der Waals surface area contributed by atoms with Crippen LogP contribution < -0.4 is 0 Å². The first-order valence-corrected chi connectivity index (χ1v) is 9.61. The Hall–Kier alpha value is -3.92. The van der Waals surface area contributed by atoms with Crippen molar-refractivity contribution >= 4 is 28.7 Å². The summed E-state index contributed by atoms with van der Waals surface area (Å²) in [6.45, 7) is 0. The number of rotatable bonds is 4. The van der Waals surface area contributed by atoms with Crippen molar-refractivity contribution in [1.82, 2.24) is 0 Å². The van der Waals surface area contributed by atoms with E-state index in [0.717, 1.165) is 11.1 Å². The Morgan fingerprint density at radius 3 is 1.37 bits per heavy atom. The minimum Gasteiger partial charge on any atom is -0.290 e. The number of hydrogen-bond acceptors (Lipinski definition) is 4. The van der Waals surface area contributed by atoms with Crippen molar-refractivity contribution in [3.63, 3.8) is 0 Å². The third-order valence-electron chi connectivity index (χ3n) is 5.21. The summed E-state index contributed by atoms with van der Waals surface area (Å²) in [6, 6.07) is 26.8. The van der Waals surface area contributed by atoms with Gasteiger partial charge in [0, 0.05) is 0 Å². The number of benzene rings is 3. The third kappa shape index (κ3) is 3.55. The van der Waals surface area contributed by atoms with Gasteiger partial charge in [0.05, 0.1) is 0 Å². The molecule has 0 radical (unpaired) electrons. The maximum absolute atomic E-state index is 12.9. The van der Waals surface area contributed by atoms with E-state index < -0.39 is 35.0 Å². The lowest BCUT2D eigenvalue weighted by Gasteiger charge is -2.23. The van der Waals surface area contributed by atoms with Crippen LogP contribution >= 0.6 is 0 Å². The molecule has 3 aromatic rings. The number of ketones is 4. The molecule has 0 aromatic heterocycles. The molecular weight excluding hydrogens is 376 g/mol. The maximum Gasteiger partial charge on any atom is 0.214 e. The zero-order valence-electron chi connectivity index (χ0n) is 16.0. The highest BCUT2D eigenvalue weighted by molar-refractivity contribution is 6.62. The fourth-order valence-electron chi connectivity index (χ4n) is 3.69. The normalized spacial score (nSPS) is 18.9. The highest BCUT2D eigenvalue weighted by Crippen LogP contribution is 2.31. The molecular formula is C26H18O4. The minimum absolute atomic E-state index is 0.364. The number of Topliss-reactive ketones (excluding diaryl/α,β-unsaturated/α-hetero) is 4. The Morgan fingerprint density at radius 2 is 0.933 bits per heavy atom. The van der Waals surface area contributed by atoms with Crippen molar-refractivity contribution in [2.45, 2.75) is 5.92 Å². The van der Waals surface area contributed by atoms with Gasteiger partial charge in [-0.3, -0.25) is 19.2 Å². The van der Waals surface area contributed by atoms with Crippen LogP contribution in [0.4, 0.5) is 0 Å². The van der Waals surface area contributed by atoms with Gasteiger partial charge in [-0.15, -0.1) is 0 Å². The highest BCUT2D eigenvalue weighted by Gasteiger charge is 2.48. The van der Waals surface area contributed by atoms with Gasteiger partial charge in [0.15, 0.2) is 0 Å². The monoisotopic (exact) mass is 394 g/mol. The van der Waals surface area contributed by atoms with Crippen LogP contribution in [0.5, 0.6) is 0 Å². The van der Waals surface area contributed by atoms with E-state index in [9.17, 15) is 19.2 Å². The Kier molecular flexibility index (Phi) is 5.31. The van der Waals surface area contributed by atoms with Gasteiger partial charge < -0.3 is 0 Å². The van der Waals surface area contributed by atoms with Gasteiger partial charge >= 0.3 is 0 Å². The highest BCUT2D eigenvalue weighted by atomic mass is 16.2. The second-order valence-corrected chi connectivity index (χ2v) is 7.09. The lowest BCUT2D eigenvalue weighted by Crippen LogP contribution is -2.46. The van der Waals surface area contributed by atoms with Crippen molar-refractivity contribution in [2.24, 2.45) is 5.92 Å². The van der Waals surface area contributed by atoms with Crippen LogP contribution in [-0.2, 0) is 19.2 Å². The van der Waals surface area contributed by atoms with E-state index in [2.05, 4.69) is 0 Å². The van der Waals surface area contributed by atoms with Crippen molar-refractivity contribution in [3.8, 4) is 0 Å². The maximum atomic E-state index is 12.9. The molecule has 30 heavy (non-hydrogen) atoms. The summed E-state index contributed by atoms with van der Waals surface area (Å²) in [5.74, 6) is -6.15. The van der Waals surface area contributed by atoms with E-state index in [-0.39, 0.29) is 0 Å².